The van der Waals surface area contributed by atoms with Crippen molar-refractivity contribution < 1.29 is 9.53 Å². The lowest BCUT2D eigenvalue weighted by atomic mass is 9.81. The van der Waals surface area contributed by atoms with Gasteiger partial charge in [0, 0.05) is 6.54 Å². The molecule has 1 unspecified atom stereocenters. The standard InChI is InChI=1S/C18H30N2O2/c1-6-18(7-2,12-19)17(21)20-15(5)11-22-16-13(3)9-8-10-14(16)4/h8-10,15H,6-7,11-12,19H2,1-5H3,(H,20,21). The van der Waals surface area contributed by atoms with Crippen LogP contribution >= 0.6 is 0 Å². The third kappa shape index (κ3) is 4.23. The van der Waals surface area contributed by atoms with Crippen LogP contribution in [0.1, 0.15) is 44.7 Å². The van der Waals surface area contributed by atoms with Crippen molar-refractivity contribution >= 4 is 5.91 Å². The van der Waals surface area contributed by atoms with Crippen LogP contribution in [0, 0.1) is 19.3 Å². The van der Waals surface area contributed by atoms with Crippen LogP contribution in [-0.4, -0.2) is 25.1 Å². The zero-order valence-corrected chi connectivity index (χ0v) is 14.5. The molecule has 0 aliphatic carbocycles. The number of nitrogens with two attached hydrogens (primary N) is 1. The molecule has 4 nitrogen and oxygen atoms in total. The Kier molecular flexibility index (Phi) is 6.88. The summed E-state index contributed by atoms with van der Waals surface area (Å²) in [7, 11) is 0. The normalized spacial score (nSPS) is 12.8. The second-order valence-corrected chi connectivity index (χ2v) is 6.10. The minimum Gasteiger partial charge on any atom is -0.491 e. The average molecular weight is 306 g/mol. The maximum Gasteiger partial charge on any atom is 0.227 e. The van der Waals surface area contributed by atoms with Gasteiger partial charge < -0.3 is 15.8 Å². The molecule has 0 fully saturated rings. The Morgan fingerprint density at radius 3 is 2.27 bits per heavy atom. The fraction of sp³-hybridized carbons (Fsp3) is 0.611. The van der Waals surface area contributed by atoms with Crippen molar-refractivity contribution in [3.63, 3.8) is 0 Å². The number of aryl methyl sites for hydroxylation is 2. The maximum absolute atomic E-state index is 12.5. The summed E-state index contributed by atoms with van der Waals surface area (Å²) in [6.45, 7) is 10.8. The zero-order chi connectivity index (χ0) is 16.8. The van der Waals surface area contributed by atoms with E-state index in [1.165, 1.54) is 0 Å². The molecule has 1 amide bonds. The highest BCUT2D eigenvalue weighted by atomic mass is 16.5. The van der Waals surface area contributed by atoms with E-state index >= 15 is 0 Å². The zero-order valence-electron chi connectivity index (χ0n) is 14.5. The summed E-state index contributed by atoms with van der Waals surface area (Å²) in [4.78, 5) is 12.5. The molecule has 1 aromatic rings. The molecule has 1 atom stereocenters. The monoisotopic (exact) mass is 306 g/mol. The van der Waals surface area contributed by atoms with Gasteiger partial charge in [0.15, 0.2) is 0 Å². The minimum atomic E-state index is -0.465. The lowest BCUT2D eigenvalue weighted by molar-refractivity contribution is -0.131. The van der Waals surface area contributed by atoms with E-state index in [4.69, 9.17) is 10.5 Å². The Balaban J connectivity index is 2.63. The highest BCUT2D eigenvalue weighted by Gasteiger charge is 2.33. The van der Waals surface area contributed by atoms with E-state index in [9.17, 15) is 4.79 Å². The number of carbonyl (C=O) groups excluding carboxylic acids is 1. The second kappa shape index (κ2) is 8.18. The first-order chi connectivity index (χ1) is 10.4. The summed E-state index contributed by atoms with van der Waals surface area (Å²) < 4.78 is 5.90. The van der Waals surface area contributed by atoms with Gasteiger partial charge >= 0.3 is 0 Å². The van der Waals surface area contributed by atoms with Crippen LogP contribution in [0.25, 0.3) is 0 Å². The number of hydrogen-bond acceptors (Lipinski definition) is 3. The Morgan fingerprint density at radius 2 is 1.82 bits per heavy atom. The third-order valence-corrected chi connectivity index (χ3v) is 4.49. The number of benzene rings is 1. The van der Waals surface area contributed by atoms with E-state index in [1.807, 2.05) is 52.8 Å². The molecular weight excluding hydrogens is 276 g/mol. The van der Waals surface area contributed by atoms with Gasteiger partial charge in [-0.2, -0.15) is 0 Å². The molecule has 1 aromatic carbocycles. The summed E-state index contributed by atoms with van der Waals surface area (Å²) in [6, 6.07) is 6.01. The van der Waals surface area contributed by atoms with E-state index in [0.29, 0.717) is 13.2 Å². The largest absolute Gasteiger partial charge is 0.491 e. The minimum absolute atomic E-state index is 0.0256. The molecule has 0 spiro atoms. The molecule has 1 rings (SSSR count). The molecule has 124 valence electrons. The van der Waals surface area contributed by atoms with Gasteiger partial charge in [-0.15, -0.1) is 0 Å². The number of para-hydroxylation sites is 1. The molecule has 0 aliphatic rings. The van der Waals surface area contributed by atoms with Crippen LogP contribution in [-0.2, 0) is 4.79 Å². The van der Waals surface area contributed by atoms with Crippen molar-refractivity contribution in [1.82, 2.24) is 5.32 Å². The number of rotatable bonds is 8. The van der Waals surface area contributed by atoms with Gasteiger partial charge in [0.2, 0.25) is 5.91 Å². The van der Waals surface area contributed by atoms with Crippen molar-refractivity contribution in [2.24, 2.45) is 11.1 Å². The number of carbonyl (C=O) groups is 1. The van der Waals surface area contributed by atoms with Gasteiger partial charge in [0.25, 0.3) is 0 Å². The van der Waals surface area contributed by atoms with E-state index in [1.54, 1.807) is 0 Å². The fourth-order valence-corrected chi connectivity index (χ4v) is 2.61. The third-order valence-electron chi connectivity index (χ3n) is 4.49. The fourth-order valence-electron chi connectivity index (χ4n) is 2.61. The SMILES string of the molecule is CCC(CC)(CN)C(=O)NC(C)COc1c(C)cccc1C. The molecule has 22 heavy (non-hydrogen) atoms. The Hall–Kier alpha value is -1.55. The molecule has 0 heterocycles. The Labute approximate surface area is 134 Å². The highest BCUT2D eigenvalue weighted by Crippen LogP contribution is 2.25. The topological polar surface area (TPSA) is 64.4 Å². The summed E-state index contributed by atoms with van der Waals surface area (Å²) in [5.74, 6) is 0.928. The number of nitrogens with one attached hydrogen (secondary N) is 1. The van der Waals surface area contributed by atoms with Crippen LogP contribution in [0.15, 0.2) is 18.2 Å². The first-order valence-electron chi connectivity index (χ1n) is 8.10. The molecule has 4 heteroatoms. The van der Waals surface area contributed by atoms with Gasteiger partial charge in [-0.05, 0) is 44.7 Å². The Bertz CT molecular complexity index is 467. The molecule has 0 aromatic heterocycles. The molecule has 3 N–H and O–H groups in total. The van der Waals surface area contributed by atoms with Crippen LogP contribution in [0.2, 0.25) is 0 Å². The van der Waals surface area contributed by atoms with E-state index in [-0.39, 0.29) is 11.9 Å². The van der Waals surface area contributed by atoms with Gasteiger partial charge in [-0.1, -0.05) is 32.0 Å². The molecule has 0 bridgehead atoms. The lowest BCUT2D eigenvalue weighted by Crippen LogP contribution is -2.49. The van der Waals surface area contributed by atoms with Crippen LogP contribution in [0.5, 0.6) is 5.75 Å². The van der Waals surface area contributed by atoms with Gasteiger partial charge in [0.1, 0.15) is 12.4 Å². The van der Waals surface area contributed by atoms with E-state index in [2.05, 4.69) is 5.32 Å². The van der Waals surface area contributed by atoms with E-state index < -0.39 is 5.41 Å². The van der Waals surface area contributed by atoms with Crippen molar-refractivity contribution in [2.45, 2.75) is 53.5 Å². The van der Waals surface area contributed by atoms with Crippen LogP contribution in [0.3, 0.4) is 0 Å². The number of amides is 1. The van der Waals surface area contributed by atoms with Gasteiger partial charge in [-0.3, -0.25) is 4.79 Å². The lowest BCUT2D eigenvalue weighted by Gasteiger charge is -2.30. The van der Waals surface area contributed by atoms with Gasteiger partial charge in [-0.25, -0.2) is 0 Å². The Morgan fingerprint density at radius 1 is 1.27 bits per heavy atom. The summed E-state index contributed by atoms with van der Waals surface area (Å²) in [6.07, 6.45) is 1.49. The van der Waals surface area contributed by atoms with Crippen molar-refractivity contribution in [1.29, 1.82) is 0 Å². The molecule has 0 saturated heterocycles. The first kappa shape index (κ1) is 18.5. The van der Waals surface area contributed by atoms with Crippen LogP contribution < -0.4 is 15.8 Å². The average Bonchev–Trinajstić information content (AvgIpc) is 2.49. The van der Waals surface area contributed by atoms with Crippen molar-refractivity contribution in [2.75, 3.05) is 13.2 Å². The predicted molar refractivity (Wildman–Crippen MR) is 91.1 cm³/mol. The first-order valence-corrected chi connectivity index (χ1v) is 8.10. The number of ether oxygens (including phenoxy) is 1. The highest BCUT2D eigenvalue weighted by molar-refractivity contribution is 5.83. The predicted octanol–water partition coefficient (Wildman–Crippen LogP) is 2.95. The van der Waals surface area contributed by atoms with Crippen molar-refractivity contribution in [3.8, 4) is 5.75 Å². The quantitative estimate of drug-likeness (QED) is 0.776. The summed E-state index contributed by atoms with van der Waals surface area (Å²) in [5, 5.41) is 3.04. The van der Waals surface area contributed by atoms with E-state index in [0.717, 1.165) is 29.7 Å². The molecule has 0 radical (unpaired) electrons. The summed E-state index contributed by atoms with van der Waals surface area (Å²) >= 11 is 0. The number of hydrogen-bond donors (Lipinski definition) is 2. The van der Waals surface area contributed by atoms with Crippen LogP contribution in [0.4, 0.5) is 0 Å². The van der Waals surface area contributed by atoms with Crippen molar-refractivity contribution in [3.05, 3.63) is 29.3 Å². The smallest absolute Gasteiger partial charge is 0.227 e. The molecule has 0 aliphatic heterocycles. The maximum atomic E-state index is 12.5. The second-order valence-electron chi connectivity index (χ2n) is 6.10. The molecule has 0 saturated carbocycles. The summed E-state index contributed by atoms with van der Waals surface area (Å²) in [5.41, 5.74) is 7.57. The molecular formula is C18H30N2O2. The van der Waals surface area contributed by atoms with Gasteiger partial charge in [0.05, 0.1) is 11.5 Å².